The summed E-state index contributed by atoms with van der Waals surface area (Å²) in [5, 5.41) is 16.0. The van der Waals surface area contributed by atoms with Gasteiger partial charge in [0.25, 0.3) is 0 Å². The second-order valence-electron chi connectivity index (χ2n) is 11.0. The van der Waals surface area contributed by atoms with Gasteiger partial charge in [0.05, 0.1) is 6.54 Å². The average Bonchev–Trinajstić information content (AvgIpc) is 3.24. The molecule has 0 aliphatic heterocycles. The lowest BCUT2D eigenvalue weighted by Crippen LogP contribution is -2.61. The van der Waals surface area contributed by atoms with Crippen molar-refractivity contribution in [2.75, 3.05) is 0 Å². The van der Waals surface area contributed by atoms with Crippen LogP contribution in [0.5, 0.6) is 0 Å². The molecule has 2 N–H and O–H groups in total. The van der Waals surface area contributed by atoms with Crippen LogP contribution < -0.4 is 10.6 Å². The minimum absolute atomic E-state index is 0.0281. The SMILES string of the molecule is Cc1ccc(-n2c(CNC(=O)NC34CC5CC(CC(C5)C3)C4)nnc2SCc2ccc(F)cc2)cc1. The van der Waals surface area contributed by atoms with E-state index in [0.29, 0.717) is 11.6 Å². The number of rotatable bonds is 7. The summed E-state index contributed by atoms with van der Waals surface area (Å²) in [6.45, 7) is 2.34. The molecular weight excluding hydrogens is 473 g/mol. The van der Waals surface area contributed by atoms with Gasteiger partial charge in [-0.25, -0.2) is 9.18 Å². The first-order valence-electron chi connectivity index (χ1n) is 12.9. The van der Waals surface area contributed by atoms with Crippen LogP contribution in [0.2, 0.25) is 0 Å². The number of hydrogen-bond acceptors (Lipinski definition) is 4. The van der Waals surface area contributed by atoms with Crippen molar-refractivity contribution in [1.29, 1.82) is 0 Å². The zero-order valence-electron chi connectivity index (χ0n) is 20.5. The number of carbonyl (C=O) groups excluding carboxylic acids is 1. The van der Waals surface area contributed by atoms with Crippen molar-refractivity contribution in [3.63, 3.8) is 0 Å². The Bertz CT molecular complexity index is 1200. The van der Waals surface area contributed by atoms with E-state index in [1.807, 2.05) is 16.7 Å². The Morgan fingerprint density at radius 2 is 1.64 bits per heavy atom. The number of nitrogens with zero attached hydrogens (tertiary/aromatic N) is 3. The first-order chi connectivity index (χ1) is 17.4. The van der Waals surface area contributed by atoms with E-state index >= 15 is 0 Å². The Hall–Kier alpha value is -2.87. The Labute approximate surface area is 215 Å². The number of urea groups is 1. The van der Waals surface area contributed by atoms with E-state index in [1.54, 1.807) is 23.9 Å². The van der Waals surface area contributed by atoms with E-state index in [9.17, 15) is 9.18 Å². The minimum atomic E-state index is -0.244. The molecule has 6 nitrogen and oxygen atoms in total. The maximum absolute atomic E-state index is 13.3. The predicted molar refractivity (Wildman–Crippen MR) is 138 cm³/mol. The van der Waals surface area contributed by atoms with Crippen molar-refractivity contribution in [1.82, 2.24) is 25.4 Å². The van der Waals surface area contributed by atoms with Gasteiger partial charge in [0, 0.05) is 17.0 Å². The molecule has 1 heterocycles. The standard InChI is InChI=1S/C28H32FN5OS/c1-18-2-8-24(9-3-18)34-25(32-33-27(34)36-17-19-4-6-23(29)7-5-19)16-30-26(35)31-28-13-20-10-21(14-28)12-22(11-20)15-28/h2-9,20-22H,10-17H2,1H3,(H2,30,31,35). The van der Waals surface area contributed by atoms with Crippen molar-refractivity contribution >= 4 is 17.8 Å². The summed E-state index contributed by atoms with van der Waals surface area (Å²) in [6.07, 6.45) is 7.41. The molecule has 2 aromatic carbocycles. The molecule has 8 heteroatoms. The fourth-order valence-corrected chi connectivity index (χ4v) is 7.82. The lowest BCUT2D eigenvalue weighted by Gasteiger charge is -2.56. The van der Waals surface area contributed by atoms with Crippen LogP contribution in [0.15, 0.2) is 53.7 Å². The normalized spacial score (nSPS) is 26.2. The van der Waals surface area contributed by atoms with Gasteiger partial charge in [0.2, 0.25) is 0 Å². The van der Waals surface area contributed by atoms with Gasteiger partial charge < -0.3 is 10.6 Å². The Kier molecular flexibility index (Phi) is 6.23. The molecule has 4 bridgehead atoms. The van der Waals surface area contributed by atoms with Crippen LogP contribution in [0.4, 0.5) is 9.18 Å². The summed E-state index contributed by atoms with van der Waals surface area (Å²) in [4.78, 5) is 13.0. The zero-order chi connectivity index (χ0) is 24.7. The summed E-state index contributed by atoms with van der Waals surface area (Å²) < 4.78 is 15.3. The van der Waals surface area contributed by atoms with Crippen molar-refractivity contribution in [3.05, 3.63) is 71.3 Å². The first kappa shape index (κ1) is 23.5. The second kappa shape index (κ2) is 9.54. The van der Waals surface area contributed by atoms with Crippen LogP contribution >= 0.6 is 11.8 Å². The van der Waals surface area contributed by atoms with Crippen LogP contribution in [0, 0.1) is 30.5 Å². The summed E-state index contributed by atoms with van der Waals surface area (Å²) in [6, 6.07) is 14.6. The fourth-order valence-electron chi connectivity index (χ4n) is 6.90. The monoisotopic (exact) mass is 505 g/mol. The molecule has 4 fully saturated rings. The lowest BCUT2D eigenvalue weighted by molar-refractivity contribution is -0.0135. The zero-order valence-corrected chi connectivity index (χ0v) is 21.4. The summed E-state index contributed by atoms with van der Waals surface area (Å²) >= 11 is 1.54. The van der Waals surface area contributed by atoms with E-state index in [0.717, 1.165) is 53.4 Å². The molecule has 4 aliphatic carbocycles. The van der Waals surface area contributed by atoms with E-state index < -0.39 is 0 Å². The van der Waals surface area contributed by atoms with Gasteiger partial charge in [0.1, 0.15) is 5.82 Å². The lowest BCUT2D eigenvalue weighted by atomic mass is 9.53. The number of halogens is 1. The molecule has 4 saturated carbocycles. The highest BCUT2D eigenvalue weighted by molar-refractivity contribution is 7.98. The van der Waals surface area contributed by atoms with Crippen LogP contribution in [-0.4, -0.2) is 26.3 Å². The Balaban J connectivity index is 1.16. The number of carbonyl (C=O) groups is 1. The number of aryl methyl sites for hydroxylation is 1. The van der Waals surface area contributed by atoms with Gasteiger partial charge in [0.15, 0.2) is 11.0 Å². The summed E-state index contributed by atoms with van der Waals surface area (Å²) in [5.74, 6) is 3.42. The van der Waals surface area contributed by atoms with Gasteiger partial charge in [-0.3, -0.25) is 4.57 Å². The van der Waals surface area contributed by atoms with Crippen molar-refractivity contribution < 1.29 is 9.18 Å². The van der Waals surface area contributed by atoms with Crippen molar-refractivity contribution in [3.8, 4) is 5.69 Å². The van der Waals surface area contributed by atoms with Gasteiger partial charge in [-0.2, -0.15) is 0 Å². The number of amides is 2. The number of thioether (sulfide) groups is 1. The molecule has 2 amide bonds. The van der Waals surface area contributed by atoms with E-state index in [4.69, 9.17) is 0 Å². The molecule has 4 aliphatic rings. The minimum Gasteiger partial charge on any atom is -0.333 e. The van der Waals surface area contributed by atoms with Crippen LogP contribution in [0.1, 0.15) is 55.5 Å². The van der Waals surface area contributed by atoms with Gasteiger partial charge >= 0.3 is 6.03 Å². The Morgan fingerprint density at radius 3 is 2.28 bits per heavy atom. The molecule has 0 saturated heterocycles. The van der Waals surface area contributed by atoms with E-state index in [1.165, 1.54) is 37.0 Å². The maximum Gasteiger partial charge on any atom is 0.315 e. The molecule has 0 atom stereocenters. The highest BCUT2D eigenvalue weighted by atomic mass is 32.2. The maximum atomic E-state index is 13.3. The van der Waals surface area contributed by atoms with Gasteiger partial charge in [-0.05, 0) is 93.0 Å². The number of nitrogens with one attached hydrogen (secondary N) is 2. The van der Waals surface area contributed by atoms with Crippen molar-refractivity contribution in [2.45, 2.75) is 68.4 Å². The largest absolute Gasteiger partial charge is 0.333 e. The molecular formula is C28H32FN5OS. The average molecular weight is 506 g/mol. The molecule has 0 spiro atoms. The predicted octanol–water partition coefficient (Wildman–Crippen LogP) is 5.78. The molecule has 7 rings (SSSR count). The third-order valence-corrected chi connectivity index (χ3v) is 9.10. The number of aromatic nitrogens is 3. The number of hydrogen-bond donors (Lipinski definition) is 2. The highest BCUT2D eigenvalue weighted by Gasteiger charge is 2.51. The fraction of sp³-hybridized carbons (Fsp3) is 0.464. The molecule has 1 aromatic heterocycles. The molecule has 3 aromatic rings. The smallest absolute Gasteiger partial charge is 0.315 e. The Morgan fingerprint density at radius 1 is 1.00 bits per heavy atom. The molecule has 188 valence electrons. The topological polar surface area (TPSA) is 71.8 Å². The molecule has 0 radical (unpaired) electrons. The van der Waals surface area contributed by atoms with E-state index in [2.05, 4.69) is 39.9 Å². The first-order valence-corrected chi connectivity index (χ1v) is 13.9. The quantitative estimate of drug-likeness (QED) is 0.400. The van der Waals surface area contributed by atoms with E-state index in [-0.39, 0.29) is 23.9 Å². The molecule has 0 unspecified atom stereocenters. The van der Waals surface area contributed by atoms with Crippen LogP contribution in [0.3, 0.4) is 0 Å². The highest BCUT2D eigenvalue weighted by Crippen LogP contribution is 2.55. The van der Waals surface area contributed by atoms with Crippen LogP contribution in [-0.2, 0) is 12.3 Å². The summed E-state index contributed by atoms with van der Waals surface area (Å²) in [5.41, 5.74) is 3.10. The second-order valence-corrected chi connectivity index (χ2v) is 11.9. The van der Waals surface area contributed by atoms with Gasteiger partial charge in [-0.15, -0.1) is 10.2 Å². The number of benzene rings is 2. The van der Waals surface area contributed by atoms with Gasteiger partial charge in [-0.1, -0.05) is 41.6 Å². The van der Waals surface area contributed by atoms with Crippen LogP contribution in [0.25, 0.3) is 5.69 Å². The summed E-state index contributed by atoms with van der Waals surface area (Å²) in [7, 11) is 0. The third-order valence-electron chi connectivity index (χ3n) is 8.10. The molecule has 36 heavy (non-hydrogen) atoms. The van der Waals surface area contributed by atoms with Crippen molar-refractivity contribution in [2.24, 2.45) is 17.8 Å². The third kappa shape index (κ3) is 4.88.